The standard InChI is InChI=1S/C10H10F3NO2S/c11-10(12,13)9(14-3-4-16-9)6-7(15)8-2-1-5-17-8/h1-2,5,14H,3-4,6H2/t9-/m0/s1. The van der Waals surface area contributed by atoms with Crippen LogP contribution in [0.3, 0.4) is 0 Å². The number of alkyl halides is 3. The number of carbonyl (C=O) groups is 1. The van der Waals surface area contributed by atoms with Crippen molar-refractivity contribution in [2.75, 3.05) is 13.2 Å². The minimum absolute atomic E-state index is 0.0444. The van der Waals surface area contributed by atoms with E-state index < -0.39 is 24.1 Å². The minimum atomic E-state index is -4.60. The number of ketones is 1. The molecule has 0 bridgehead atoms. The van der Waals surface area contributed by atoms with Crippen LogP contribution in [0.1, 0.15) is 16.1 Å². The van der Waals surface area contributed by atoms with E-state index in [2.05, 4.69) is 5.32 Å². The van der Waals surface area contributed by atoms with E-state index in [4.69, 9.17) is 4.74 Å². The molecule has 2 heterocycles. The van der Waals surface area contributed by atoms with E-state index in [0.717, 1.165) is 11.3 Å². The van der Waals surface area contributed by atoms with E-state index >= 15 is 0 Å². The first-order valence-corrected chi connectivity index (χ1v) is 5.85. The number of thiophene rings is 1. The van der Waals surface area contributed by atoms with E-state index in [1.54, 1.807) is 11.4 Å². The fourth-order valence-corrected chi connectivity index (χ4v) is 2.34. The largest absolute Gasteiger partial charge is 0.431 e. The normalized spacial score (nSPS) is 25.1. The van der Waals surface area contributed by atoms with Crippen molar-refractivity contribution in [3.63, 3.8) is 0 Å². The fraction of sp³-hybridized carbons (Fsp3) is 0.500. The number of rotatable bonds is 3. The van der Waals surface area contributed by atoms with Crippen molar-refractivity contribution in [2.24, 2.45) is 0 Å². The molecule has 0 unspecified atom stereocenters. The first kappa shape index (κ1) is 12.5. The van der Waals surface area contributed by atoms with E-state index in [1.165, 1.54) is 6.07 Å². The maximum absolute atomic E-state index is 12.9. The number of hydrogen-bond donors (Lipinski definition) is 1. The lowest BCUT2D eigenvalue weighted by Crippen LogP contribution is -2.55. The van der Waals surface area contributed by atoms with Gasteiger partial charge in [0.25, 0.3) is 0 Å². The molecule has 7 heteroatoms. The Kier molecular flexibility index (Phi) is 3.24. The zero-order valence-electron chi connectivity index (χ0n) is 8.71. The van der Waals surface area contributed by atoms with Crippen molar-refractivity contribution in [2.45, 2.75) is 18.3 Å². The molecular formula is C10H10F3NO2S. The van der Waals surface area contributed by atoms with Gasteiger partial charge in [-0.05, 0) is 11.4 Å². The maximum atomic E-state index is 12.9. The van der Waals surface area contributed by atoms with Crippen molar-refractivity contribution in [3.8, 4) is 0 Å². The molecule has 1 aromatic rings. The molecule has 3 nitrogen and oxygen atoms in total. The average Bonchev–Trinajstić information content (AvgIpc) is 2.86. The number of nitrogens with one attached hydrogen (secondary N) is 1. The quantitative estimate of drug-likeness (QED) is 0.851. The Morgan fingerprint density at radius 2 is 2.35 bits per heavy atom. The lowest BCUT2D eigenvalue weighted by molar-refractivity contribution is -0.268. The molecule has 2 rings (SSSR count). The van der Waals surface area contributed by atoms with E-state index in [0.29, 0.717) is 4.88 Å². The molecule has 0 amide bonds. The third-order valence-corrected chi connectivity index (χ3v) is 3.44. The number of ether oxygens (including phenoxy) is 1. The highest BCUT2D eigenvalue weighted by molar-refractivity contribution is 7.12. The molecule has 0 aromatic carbocycles. The predicted octanol–water partition coefficient (Wildman–Crippen LogP) is 2.20. The van der Waals surface area contributed by atoms with Gasteiger partial charge in [0.2, 0.25) is 5.72 Å². The molecular weight excluding hydrogens is 255 g/mol. The summed E-state index contributed by atoms with van der Waals surface area (Å²) in [4.78, 5) is 12.0. The SMILES string of the molecule is O=C(C[C@]1(C(F)(F)F)NCCO1)c1cccs1. The van der Waals surface area contributed by atoms with Crippen LogP contribution in [0.15, 0.2) is 17.5 Å². The van der Waals surface area contributed by atoms with Gasteiger partial charge in [-0.3, -0.25) is 10.1 Å². The Labute approximate surface area is 99.6 Å². The average molecular weight is 265 g/mol. The van der Waals surface area contributed by atoms with Gasteiger partial charge in [0.05, 0.1) is 17.9 Å². The molecule has 0 spiro atoms. The van der Waals surface area contributed by atoms with Crippen LogP contribution in [0.4, 0.5) is 13.2 Å². The maximum Gasteiger partial charge on any atom is 0.431 e. The Balaban J connectivity index is 2.17. The summed E-state index contributed by atoms with van der Waals surface area (Å²) in [7, 11) is 0. The van der Waals surface area contributed by atoms with Crippen LogP contribution in [-0.2, 0) is 4.74 Å². The van der Waals surface area contributed by atoms with Gasteiger partial charge in [-0.1, -0.05) is 6.07 Å². The van der Waals surface area contributed by atoms with Crippen LogP contribution >= 0.6 is 11.3 Å². The molecule has 1 fully saturated rings. The summed E-state index contributed by atoms with van der Waals surface area (Å²) < 4.78 is 43.4. The second kappa shape index (κ2) is 4.40. The topological polar surface area (TPSA) is 38.3 Å². The van der Waals surface area contributed by atoms with E-state index in [-0.39, 0.29) is 13.2 Å². The molecule has 1 atom stereocenters. The van der Waals surface area contributed by atoms with Crippen LogP contribution in [0.5, 0.6) is 0 Å². The van der Waals surface area contributed by atoms with Gasteiger partial charge < -0.3 is 4.74 Å². The molecule has 17 heavy (non-hydrogen) atoms. The summed E-state index contributed by atoms with van der Waals surface area (Å²) in [5.41, 5.74) is -2.52. The van der Waals surface area contributed by atoms with Gasteiger partial charge in [-0.15, -0.1) is 11.3 Å². The summed E-state index contributed by atoms with van der Waals surface area (Å²) in [6, 6.07) is 3.13. The van der Waals surface area contributed by atoms with Gasteiger partial charge in [0.15, 0.2) is 5.78 Å². The molecule has 94 valence electrons. The van der Waals surface area contributed by atoms with E-state index in [1.807, 2.05) is 0 Å². The second-order valence-corrected chi connectivity index (χ2v) is 4.62. The third-order valence-electron chi connectivity index (χ3n) is 2.52. The number of halogens is 3. The Bertz CT molecular complexity index is 396. The zero-order valence-corrected chi connectivity index (χ0v) is 9.53. The van der Waals surface area contributed by atoms with Crippen LogP contribution in [0.25, 0.3) is 0 Å². The van der Waals surface area contributed by atoms with Gasteiger partial charge in [0.1, 0.15) is 0 Å². The van der Waals surface area contributed by atoms with Crippen molar-refractivity contribution < 1.29 is 22.7 Å². The molecule has 1 aromatic heterocycles. The smallest absolute Gasteiger partial charge is 0.350 e. The first-order valence-electron chi connectivity index (χ1n) is 4.97. The summed E-state index contributed by atoms with van der Waals surface area (Å²) in [6.45, 7) is 0.0501. The minimum Gasteiger partial charge on any atom is -0.350 e. The lowest BCUT2D eigenvalue weighted by Gasteiger charge is -2.30. The second-order valence-electron chi connectivity index (χ2n) is 3.68. The van der Waals surface area contributed by atoms with Gasteiger partial charge in [-0.2, -0.15) is 13.2 Å². The van der Waals surface area contributed by atoms with Crippen LogP contribution in [0, 0.1) is 0 Å². The van der Waals surface area contributed by atoms with Crippen LogP contribution in [-0.4, -0.2) is 30.8 Å². The van der Waals surface area contributed by atoms with Crippen molar-refractivity contribution >= 4 is 17.1 Å². The first-order chi connectivity index (χ1) is 7.95. The van der Waals surface area contributed by atoms with Crippen molar-refractivity contribution in [3.05, 3.63) is 22.4 Å². The van der Waals surface area contributed by atoms with Crippen LogP contribution in [0.2, 0.25) is 0 Å². The summed E-state index contributed by atoms with van der Waals surface area (Å²) in [5, 5.41) is 3.89. The number of carbonyl (C=O) groups excluding carboxylic acids is 1. The highest BCUT2D eigenvalue weighted by Crippen LogP contribution is 2.37. The number of hydrogen-bond acceptors (Lipinski definition) is 4. The molecule has 0 radical (unpaired) electrons. The highest BCUT2D eigenvalue weighted by Gasteiger charge is 2.59. The monoisotopic (exact) mass is 265 g/mol. The molecule has 1 N–H and O–H groups in total. The Hall–Kier alpha value is -0.920. The Morgan fingerprint density at radius 1 is 1.59 bits per heavy atom. The molecule has 1 saturated heterocycles. The number of Topliss-reactive ketones (excluding diaryl/α,β-unsaturated/α-hetero) is 1. The molecule has 1 aliphatic heterocycles. The summed E-state index contributed by atoms with van der Waals surface area (Å²) >= 11 is 1.12. The van der Waals surface area contributed by atoms with Crippen molar-refractivity contribution in [1.29, 1.82) is 0 Å². The predicted molar refractivity (Wildman–Crippen MR) is 56.0 cm³/mol. The molecule has 1 aliphatic rings. The van der Waals surface area contributed by atoms with Gasteiger partial charge in [0, 0.05) is 6.54 Å². The van der Waals surface area contributed by atoms with Gasteiger partial charge in [-0.25, -0.2) is 0 Å². The van der Waals surface area contributed by atoms with Gasteiger partial charge >= 0.3 is 6.18 Å². The van der Waals surface area contributed by atoms with Crippen molar-refractivity contribution in [1.82, 2.24) is 5.32 Å². The molecule has 0 saturated carbocycles. The van der Waals surface area contributed by atoms with Crippen LogP contribution < -0.4 is 5.32 Å². The summed E-state index contributed by atoms with van der Waals surface area (Å²) in [5.74, 6) is -0.563. The Morgan fingerprint density at radius 3 is 2.82 bits per heavy atom. The zero-order chi connectivity index (χ0) is 12.5. The third kappa shape index (κ3) is 2.36. The molecule has 0 aliphatic carbocycles. The highest BCUT2D eigenvalue weighted by atomic mass is 32.1. The lowest BCUT2D eigenvalue weighted by atomic mass is 10.1. The summed E-state index contributed by atoms with van der Waals surface area (Å²) in [6.07, 6.45) is -5.33. The van der Waals surface area contributed by atoms with E-state index in [9.17, 15) is 18.0 Å². The fourth-order valence-electron chi connectivity index (χ4n) is 1.68.